The van der Waals surface area contributed by atoms with Gasteiger partial charge in [0.1, 0.15) is 5.69 Å². The first kappa shape index (κ1) is 14.8. The van der Waals surface area contributed by atoms with Gasteiger partial charge in [0, 0.05) is 23.3 Å². The molecule has 0 saturated heterocycles. The van der Waals surface area contributed by atoms with E-state index in [4.69, 9.17) is 11.6 Å². The minimum absolute atomic E-state index is 0.0312. The zero-order valence-electron chi connectivity index (χ0n) is 11.7. The summed E-state index contributed by atoms with van der Waals surface area (Å²) in [7, 11) is 0. The van der Waals surface area contributed by atoms with E-state index in [0.29, 0.717) is 17.3 Å². The van der Waals surface area contributed by atoms with E-state index < -0.39 is 0 Å². The lowest BCUT2D eigenvalue weighted by Crippen LogP contribution is -2.25. The van der Waals surface area contributed by atoms with Crippen LogP contribution in [-0.4, -0.2) is 16.3 Å². The van der Waals surface area contributed by atoms with Crippen molar-refractivity contribution in [3.05, 3.63) is 57.0 Å². The average Bonchev–Trinajstić information content (AvgIpc) is 2.43. The Morgan fingerprint density at radius 3 is 2.65 bits per heavy atom. The second-order valence-corrected chi connectivity index (χ2v) is 5.10. The average molecular weight is 292 g/mol. The molecule has 20 heavy (non-hydrogen) atoms. The fraction of sp³-hybridized carbons (Fsp3) is 0.333. The van der Waals surface area contributed by atoms with Crippen LogP contribution in [0.1, 0.15) is 24.7 Å². The predicted molar refractivity (Wildman–Crippen MR) is 81.6 cm³/mol. The monoisotopic (exact) mass is 291 g/mol. The van der Waals surface area contributed by atoms with Gasteiger partial charge in [0.2, 0.25) is 5.43 Å². The molecule has 0 aliphatic rings. The molecule has 0 amide bonds. The van der Waals surface area contributed by atoms with Gasteiger partial charge in [-0.15, -0.1) is 0 Å². The molecule has 106 valence electrons. The van der Waals surface area contributed by atoms with Crippen molar-refractivity contribution in [1.82, 2.24) is 15.1 Å². The second-order valence-electron chi connectivity index (χ2n) is 4.66. The summed E-state index contributed by atoms with van der Waals surface area (Å²) < 4.78 is 1.76. The predicted octanol–water partition coefficient (Wildman–Crippen LogP) is 2.69. The Labute approximate surface area is 123 Å². The topological polar surface area (TPSA) is 46.9 Å². The van der Waals surface area contributed by atoms with Crippen molar-refractivity contribution in [2.75, 3.05) is 6.54 Å². The van der Waals surface area contributed by atoms with E-state index in [1.165, 1.54) is 0 Å². The number of aromatic nitrogens is 2. The maximum atomic E-state index is 11.9. The molecule has 1 heterocycles. The first-order chi connectivity index (χ1) is 9.61. The first-order valence-corrected chi connectivity index (χ1v) is 7.06. The Morgan fingerprint density at radius 1 is 1.30 bits per heavy atom. The summed E-state index contributed by atoms with van der Waals surface area (Å²) in [6.07, 6.45) is 1.03. The zero-order chi connectivity index (χ0) is 14.5. The maximum absolute atomic E-state index is 11.9. The standard InChI is InChI=1S/C15H18ClN3O/c1-3-8-17-10-14-15(20)9-11(2)19(18-14)13-6-4-12(16)5-7-13/h4-7,9,17H,3,8,10H2,1-2H3. The third kappa shape index (κ3) is 3.46. The highest BCUT2D eigenvalue weighted by atomic mass is 35.5. The molecule has 5 heteroatoms. The molecule has 1 aromatic heterocycles. The lowest BCUT2D eigenvalue weighted by molar-refractivity contribution is 0.637. The third-order valence-electron chi connectivity index (χ3n) is 2.97. The minimum Gasteiger partial charge on any atom is -0.311 e. The smallest absolute Gasteiger partial charge is 0.204 e. The molecule has 0 atom stereocenters. The molecule has 1 N–H and O–H groups in total. The Morgan fingerprint density at radius 2 is 2.00 bits per heavy atom. The molecule has 2 rings (SSSR count). The quantitative estimate of drug-likeness (QED) is 0.862. The Kier molecular flexibility index (Phi) is 4.93. The lowest BCUT2D eigenvalue weighted by Gasteiger charge is -2.11. The van der Waals surface area contributed by atoms with Crippen molar-refractivity contribution in [3.63, 3.8) is 0 Å². The van der Waals surface area contributed by atoms with Crippen LogP contribution in [0.5, 0.6) is 0 Å². The summed E-state index contributed by atoms with van der Waals surface area (Å²) in [5, 5.41) is 8.32. The van der Waals surface area contributed by atoms with Crippen molar-refractivity contribution in [3.8, 4) is 5.69 Å². The van der Waals surface area contributed by atoms with Crippen LogP contribution in [-0.2, 0) is 6.54 Å². The molecule has 1 aromatic carbocycles. The molecule has 0 radical (unpaired) electrons. The highest BCUT2D eigenvalue weighted by molar-refractivity contribution is 6.30. The van der Waals surface area contributed by atoms with Gasteiger partial charge in [-0.3, -0.25) is 4.79 Å². The van der Waals surface area contributed by atoms with Gasteiger partial charge in [0.25, 0.3) is 0 Å². The highest BCUT2D eigenvalue weighted by Gasteiger charge is 2.07. The van der Waals surface area contributed by atoms with Gasteiger partial charge < -0.3 is 5.32 Å². The van der Waals surface area contributed by atoms with Gasteiger partial charge in [-0.25, -0.2) is 4.68 Å². The van der Waals surface area contributed by atoms with Gasteiger partial charge in [0.15, 0.2) is 0 Å². The van der Waals surface area contributed by atoms with Crippen molar-refractivity contribution in [2.45, 2.75) is 26.8 Å². The van der Waals surface area contributed by atoms with Gasteiger partial charge in [0.05, 0.1) is 5.69 Å². The van der Waals surface area contributed by atoms with Gasteiger partial charge in [-0.05, 0) is 44.2 Å². The summed E-state index contributed by atoms with van der Waals surface area (Å²) in [6.45, 7) is 5.31. The molecule has 0 fully saturated rings. The van der Waals surface area contributed by atoms with Crippen molar-refractivity contribution in [1.29, 1.82) is 0 Å². The van der Waals surface area contributed by atoms with Crippen LogP contribution in [0.2, 0.25) is 5.02 Å². The zero-order valence-corrected chi connectivity index (χ0v) is 12.4. The summed E-state index contributed by atoms with van der Waals surface area (Å²) in [4.78, 5) is 11.9. The van der Waals surface area contributed by atoms with E-state index in [-0.39, 0.29) is 5.43 Å². The van der Waals surface area contributed by atoms with Crippen LogP contribution < -0.4 is 10.7 Å². The minimum atomic E-state index is -0.0312. The van der Waals surface area contributed by atoms with Crippen LogP contribution >= 0.6 is 11.6 Å². The largest absolute Gasteiger partial charge is 0.311 e. The van der Waals surface area contributed by atoms with Gasteiger partial charge >= 0.3 is 0 Å². The number of hydrogen-bond acceptors (Lipinski definition) is 3. The molecule has 0 bridgehead atoms. The Bertz CT molecular complexity index is 635. The number of aryl methyl sites for hydroxylation is 1. The molecule has 0 saturated carbocycles. The number of hydrogen-bond donors (Lipinski definition) is 1. The van der Waals surface area contributed by atoms with Crippen molar-refractivity contribution < 1.29 is 0 Å². The number of rotatable bonds is 5. The molecule has 0 aliphatic carbocycles. The molecule has 0 unspecified atom stereocenters. The normalized spacial score (nSPS) is 10.8. The molecule has 0 aliphatic heterocycles. The highest BCUT2D eigenvalue weighted by Crippen LogP contribution is 2.13. The lowest BCUT2D eigenvalue weighted by atomic mass is 10.3. The molecule has 2 aromatic rings. The number of halogens is 1. The number of benzene rings is 1. The fourth-order valence-electron chi connectivity index (χ4n) is 1.93. The van der Waals surface area contributed by atoms with E-state index in [9.17, 15) is 4.79 Å². The maximum Gasteiger partial charge on any atom is 0.204 e. The third-order valence-corrected chi connectivity index (χ3v) is 3.22. The van der Waals surface area contributed by atoms with Crippen LogP contribution in [0.3, 0.4) is 0 Å². The summed E-state index contributed by atoms with van der Waals surface area (Å²) in [6, 6.07) is 9.01. The van der Waals surface area contributed by atoms with Crippen molar-refractivity contribution in [2.24, 2.45) is 0 Å². The van der Waals surface area contributed by atoms with E-state index in [0.717, 1.165) is 24.3 Å². The summed E-state index contributed by atoms with van der Waals surface area (Å²) >= 11 is 5.89. The van der Waals surface area contributed by atoms with Gasteiger partial charge in [-0.1, -0.05) is 18.5 Å². The molecule has 4 nitrogen and oxygen atoms in total. The van der Waals surface area contributed by atoms with Crippen LogP contribution in [0.15, 0.2) is 35.1 Å². The van der Waals surface area contributed by atoms with Gasteiger partial charge in [-0.2, -0.15) is 5.10 Å². The van der Waals surface area contributed by atoms with E-state index in [1.54, 1.807) is 10.7 Å². The second kappa shape index (κ2) is 6.68. The molecular formula is C15H18ClN3O. The van der Waals surface area contributed by atoms with Crippen LogP contribution in [0.4, 0.5) is 0 Å². The number of nitrogens with zero attached hydrogens (tertiary/aromatic N) is 2. The van der Waals surface area contributed by atoms with Crippen molar-refractivity contribution >= 4 is 11.6 Å². The Balaban J connectivity index is 2.35. The first-order valence-electron chi connectivity index (χ1n) is 6.68. The summed E-state index contributed by atoms with van der Waals surface area (Å²) in [5.41, 5.74) is 2.19. The Hall–Kier alpha value is -1.65. The fourth-order valence-corrected chi connectivity index (χ4v) is 2.06. The van der Waals surface area contributed by atoms with Crippen LogP contribution in [0, 0.1) is 6.92 Å². The SMILES string of the molecule is CCCNCc1nn(-c2ccc(Cl)cc2)c(C)cc1=O. The van der Waals surface area contributed by atoms with E-state index >= 15 is 0 Å². The van der Waals surface area contributed by atoms with E-state index in [2.05, 4.69) is 17.3 Å². The molecular weight excluding hydrogens is 274 g/mol. The molecule has 0 spiro atoms. The number of nitrogens with one attached hydrogen (secondary N) is 1. The van der Waals surface area contributed by atoms with Crippen LogP contribution in [0.25, 0.3) is 5.69 Å². The van der Waals surface area contributed by atoms with E-state index in [1.807, 2.05) is 31.2 Å². The summed E-state index contributed by atoms with van der Waals surface area (Å²) in [5.74, 6) is 0.